The van der Waals surface area contributed by atoms with Crippen LogP contribution in [-0.4, -0.2) is 80.0 Å². The summed E-state index contributed by atoms with van der Waals surface area (Å²) in [4.78, 5) is 48.2. The Hall–Kier alpha value is -4.45. The molecule has 2 aliphatic rings. The first kappa shape index (κ1) is 29.1. The Labute approximate surface area is 240 Å². The van der Waals surface area contributed by atoms with Crippen molar-refractivity contribution in [1.82, 2.24) is 24.8 Å². The summed E-state index contributed by atoms with van der Waals surface area (Å²) in [5, 5.41) is 12.6. The van der Waals surface area contributed by atoms with Crippen molar-refractivity contribution >= 4 is 17.7 Å². The number of amides is 3. The van der Waals surface area contributed by atoms with E-state index < -0.39 is 29.9 Å². The average Bonchev–Trinajstić information content (AvgIpc) is 2.95. The molecule has 2 aromatic carbocycles. The smallest absolute Gasteiger partial charge is 0.416 e. The van der Waals surface area contributed by atoms with Crippen LogP contribution in [0.15, 0.2) is 72.9 Å². The fourth-order valence-electron chi connectivity index (χ4n) is 5.63. The number of benzene rings is 2. The number of hydrogen-bond donors (Lipinski definition) is 1. The molecule has 9 nitrogen and oxygen atoms in total. The van der Waals surface area contributed by atoms with Gasteiger partial charge in [0.25, 0.3) is 0 Å². The molecule has 42 heavy (non-hydrogen) atoms. The molecule has 2 aliphatic heterocycles. The van der Waals surface area contributed by atoms with E-state index in [0.717, 1.165) is 6.07 Å². The molecule has 2 saturated heterocycles. The number of hydrazine groups is 1. The third-order valence-corrected chi connectivity index (χ3v) is 7.57. The van der Waals surface area contributed by atoms with Crippen molar-refractivity contribution in [2.45, 2.75) is 44.2 Å². The lowest BCUT2D eigenvalue weighted by atomic mass is 9.98. The van der Waals surface area contributed by atoms with E-state index in [0.29, 0.717) is 11.3 Å². The van der Waals surface area contributed by atoms with Crippen molar-refractivity contribution in [3.63, 3.8) is 0 Å². The quantitative estimate of drug-likeness (QED) is 0.460. The minimum absolute atomic E-state index is 0.00242. The zero-order valence-corrected chi connectivity index (χ0v) is 22.9. The first-order valence-electron chi connectivity index (χ1n) is 13.5. The number of aryl methyl sites for hydroxylation is 1. The van der Waals surface area contributed by atoms with Gasteiger partial charge in [-0.25, -0.2) is 5.01 Å². The normalized spacial score (nSPS) is 19.7. The third kappa shape index (κ3) is 6.08. The number of carbonyl (C=O) groups is 3. The molecule has 3 aromatic rings. The van der Waals surface area contributed by atoms with E-state index in [1.165, 1.54) is 45.2 Å². The fraction of sp³-hybridized carbons (Fsp3) is 0.333. The van der Waals surface area contributed by atoms with Crippen LogP contribution in [0, 0.1) is 0 Å². The van der Waals surface area contributed by atoms with Gasteiger partial charge in [-0.1, -0.05) is 36.4 Å². The maximum absolute atomic E-state index is 13.8. The highest BCUT2D eigenvalue weighted by atomic mass is 19.4. The van der Waals surface area contributed by atoms with Gasteiger partial charge in [0.05, 0.1) is 30.9 Å². The lowest BCUT2D eigenvalue weighted by Crippen LogP contribution is -2.75. The second kappa shape index (κ2) is 11.8. The number of aromatic nitrogens is 1. The predicted molar refractivity (Wildman–Crippen MR) is 145 cm³/mol. The summed E-state index contributed by atoms with van der Waals surface area (Å²) >= 11 is 0. The van der Waals surface area contributed by atoms with Crippen LogP contribution >= 0.6 is 0 Å². The summed E-state index contributed by atoms with van der Waals surface area (Å²) < 4.78 is 40.7. The van der Waals surface area contributed by atoms with Crippen LogP contribution in [0.1, 0.15) is 28.8 Å². The Kier molecular flexibility index (Phi) is 8.17. The number of fused-ring (bicyclic) bond motifs is 1. The predicted octanol–water partition coefficient (Wildman–Crippen LogP) is 3.24. The maximum atomic E-state index is 13.8. The monoisotopic (exact) mass is 581 g/mol. The van der Waals surface area contributed by atoms with Crippen molar-refractivity contribution in [1.29, 1.82) is 0 Å². The van der Waals surface area contributed by atoms with Crippen LogP contribution in [0.3, 0.4) is 0 Å². The van der Waals surface area contributed by atoms with E-state index in [9.17, 15) is 32.7 Å². The number of pyridine rings is 1. The largest absolute Gasteiger partial charge is 0.508 e. The number of carbonyl (C=O) groups excluding carboxylic acids is 3. The lowest BCUT2D eigenvalue weighted by Gasteiger charge is -2.54. The first-order chi connectivity index (χ1) is 20.0. The molecule has 220 valence electrons. The highest BCUT2D eigenvalue weighted by Crippen LogP contribution is 2.33. The Morgan fingerprint density at radius 2 is 1.74 bits per heavy atom. The highest BCUT2D eigenvalue weighted by Gasteiger charge is 2.50. The number of likely N-dealkylation sites (N-methyl/N-ethyl adjacent to an activating group) is 1. The summed E-state index contributed by atoms with van der Waals surface area (Å²) in [5.41, 5.74) is 0.546. The zero-order valence-electron chi connectivity index (χ0n) is 22.9. The van der Waals surface area contributed by atoms with Crippen molar-refractivity contribution < 1.29 is 32.7 Å². The van der Waals surface area contributed by atoms with E-state index in [-0.39, 0.29) is 62.0 Å². The third-order valence-electron chi connectivity index (χ3n) is 7.57. The summed E-state index contributed by atoms with van der Waals surface area (Å²) in [5.74, 6) is -1.06. The van der Waals surface area contributed by atoms with Crippen LogP contribution in [0.2, 0.25) is 0 Å². The van der Waals surface area contributed by atoms with Crippen LogP contribution < -0.4 is 0 Å². The van der Waals surface area contributed by atoms with Gasteiger partial charge in [-0.05, 0) is 47.9 Å². The molecule has 2 atom stereocenters. The van der Waals surface area contributed by atoms with E-state index in [2.05, 4.69) is 4.98 Å². The van der Waals surface area contributed by atoms with Crippen LogP contribution in [0.4, 0.5) is 13.2 Å². The lowest BCUT2D eigenvalue weighted by molar-refractivity contribution is -0.203. The molecule has 3 amide bonds. The second-order valence-electron chi connectivity index (χ2n) is 10.4. The Balaban J connectivity index is 1.45. The molecule has 3 heterocycles. The standard InChI is InChI=1S/C30H30F3N5O4/c1-35-19-28(41)37-25(16-20-9-12-23(39)13-10-20)29(42)36(17-22-7-4-5-15-34-22)18-26(37)38(35)27(40)14-11-21-6-2-3-8-24(21)30(31,32)33/h2-10,12-13,15,25-26,39H,11,14,16-19H2,1H3/t25-,26?/m0/s1. The summed E-state index contributed by atoms with van der Waals surface area (Å²) in [6, 6.07) is 15.8. The van der Waals surface area contributed by atoms with E-state index in [1.807, 2.05) is 0 Å². The molecule has 1 unspecified atom stereocenters. The number of aromatic hydroxyl groups is 1. The number of alkyl halides is 3. The van der Waals surface area contributed by atoms with Gasteiger partial charge in [0.1, 0.15) is 18.0 Å². The average molecular weight is 582 g/mol. The zero-order chi connectivity index (χ0) is 30.0. The summed E-state index contributed by atoms with van der Waals surface area (Å²) in [6.45, 7) is -0.0294. The molecule has 1 aromatic heterocycles. The van der Waals surface area contributed by atoms with Gasteiger partial charge in [0.15, 0.2) is 0 Å². The Morgan fingerprint density at radius 3 is 2.43 bits per heavy atom. The van der Waals surface area contributed by atoms with Gasteiger partial charge in [0.2, 0.25) is 17.7 Å². The molecule has 5 rings (SSSR count). The fourth-order valence-corrected chi connectivity index (χ4v) is 5.63. The number of rotatable bonds is 7. The van der Waals surface area contributed by atoms with Crippen molar-refractivity contribution in [3.05, 3.63) is 95.3 Å². The van der Waals surface area contributed by atoms with Gasteiger partial charge >= 0.3 is 6.18 Å². The van der Waals surface area contributed by atoms with Crippen molar-refractivity contribution in [3.8, 4) is 5.75 Å². The minimum Gasteiger partial charge on any atom is -0.508 e. The van der Waals surface area contributed by atoms with Crippen LogP contribution in [0.25, 0.3) is 0 Å². The Bertz CT molecular complexity index is 1450. The van der Waals surface area contributed by atoms with Crippen LogP contribution in [0.5, 0.6) is 5.75 Å². The van der Waals surface area contributed by atoms with Gasteiger partial charge in [-0.15, -0.1) is 0 Å². The molecule has 0 spiro atoms. The highest BCUT2D eigenvalue weighted by molar-refractivity contribution is 5.91. The molecule has 2 fully saturated rings. The number of piperazine rings is 1. The van der Waals surface area contributed by atoms with Crippen molar-refractivity contribution in [2.75, 3.05) is 20.1 Å². The molecular formula is C30H30F3N5O4. The molecule has 0 aliphatic carbocycles. The van der Waals surface area contributed by atoms with Gasteiger partial charge < -0.3 is 14.9 Å². The molecule has 1 N–H and O–H groups in total. The van der Waals surface area contributed by atoms with Gasteiger partial charge in [-0.3, -0.25) is 24.4 Å². The van der Waals surface area contributed by atoms with Gasteiger partial charge in [-0.2, -0.15) is 13.2 Å². The van der Waals surface area contributed by atoms with Gasteiger partial charge in [0, 0.05) is 26.1 Å². The number of phenols is 1. The molecule has 0 bridgehead atoms. The number of hydrogen-bond acceptors (Lipinski definition) is 6. The molecule has 12 heteroatoms. The SMILES string of the molecule is CN1CC(=O)N2C(CN(Cc3ccccn3)C(=O)[C@@H]2Cc2ccc(O)cc2)N1C(=O)CCc1ccccc1C(F)(F)F. The molecule has 0 saturated carbocycles. The summed E-state index contributed by atoms with van der Waals surface area (Å²) in [6.07, 6.45) is -4.05. The molecular weight excluding hydrogens is 551 g/mol. The topological polar surface area (TPSA) is 97.3 Å². The van der Waals surface area contributed by atoms with E-state index in [1.54, 1.807) is 48.5 Å². The molecule has 0 radical (unpaired) electrons. The summed E-state index contributed by atoms with van der Waals surface area (Å²) in [7, 11) is 1.57. The van der Waals surface area contributed by atoms with Crippen molar-refractivity contribution in [2.24, 2.45) is 0 Å². The maximum Gasteiger partial charge on any atom is 0.416 e. The number of nitrogens with zero attached hydrogens (tertiary/aromatic N) is 5. The Morgan fingerprint density at radius 1 is 1.02 bits per heavy atom. The van der Waals surface area contributed by atoms with Crippen LogP contribution in [-0.2, 0) is 39.9 Å². The first-order valence-corrected chi connectivity index (χ1v) is 13.5. The second-order valence-corrected chi connectivity index (χ2v) is 10.4. The minimum atomic E-state index is -4.55. The van der Waals surface area contributed by atoms with E-state index >= 15 is 0 Å². The van der Waals surface area contributed by atoms with E-state index in [4.69, 9.17) is 0 Å². The number of phenolic OH excluding ortho intramolecular Hbond substituents is 1. The number of halogens is 3.